The average Bonchev–Trinajstić information content (AvgIpc) is 2.16. The molecule has 14 heavy (non-hydrogen) atoms. The molecule has 0 saturated heterocycles. The zero-order chi connectivity index (χ0) is 10.7. The highest BCUT2D eigenvalue weighted by molar-refractivity contribution is 5.70. The lowest BCUT2D eigenvalue weighted by molar-refractivity contribution is -0.141. The summed E-state index contributed by atoms with van der Waals surface area (Å²) >= 11 is 0. The first-order valence-corrected chi connectivity index (χ1v) is 4.46. The summed E-state index contributed by atoms with van der Waals surface area (Å²) in [6.07, 6.45) is 1.62. The van der Waals surface area contributed by atoms with Gasteiger partial charge in [-0.15, -0.1) is 0 Å². The van der Waals surface area contributed by atoms with E-state index < -0.39 is 11.9 Å². The minimum Gasteiger partial charge on any atom is -0.481 e. The van der Waals surface area contributed by atoms with Crippen LogP contribution >= 0.6 is 0 Å². The maximum absolute atomic E-state index is 10.7. The number of hydrogen-bond donors (Lipinski definition) is 2. The van der Waals surface area contributed by atoms with Gasteiger partial charge in [-0.2, -0.15) is 0 Å². The first kappa shape index (κ1) is 10.5. The lowest BCUT2D eigenvalue weighted by Gasteiger charge is -2.15. The van der Waals surface area contributed by atoms with Gasteiger partial charge in [-0.25, -0.2) is 4.98 Å². The SMILES string of the molecule is CC(C(=O)O)C(C)c1ccc(N)nc1. The van der Waals surface area contributed by atoms with E-state index in [9.17, 15) is 4.79 Å². The van der Waals surface area contributed by atoms with Gasteiger partial charge in [0.05, 0.1) is 5.92 Å². The molecule has 2 atom stereocenters. The number of anilines is 1. The number of rotatable bonds is 3. The van der Waals surface area contributed by atoms with Crippen LogP contribution < -0.4 is 5.73 Å². The predicted octanol–water partition coefficient (Wildman–Crippen LogP) is 1.49. The maximum Gasteiger partial charge on any atom is 0.306 e. The Hall–Kier alpha value is -1.58. The van der Waals surface area contributed by atoms with Gasteiger partial charge in [-0.3, -0.25) is 4.79 Å². The Bertz CT molecular complexity index is 321. The summed E-state index contributed by atoms with van der Waals surface area (Å²) < 4.78 is 0. The monoisotopic (exact) mass is 194 g/mol. The van der Waals surface area contributed by atoms with E-state index in [4.69, 9.17) is 10.8 Å². The van der Waals surface area contributed by atoms with Crippen LogP contribution in [0.1, 0.15) is 25.3 Å². The molecule has 0 spiro atoms. The van der Waals surface area contributed by atoms with E-state index in [-0.39, 0.29) is 5.92 Å². The van der Waals surface area contributed by atoms with Crippen molar-refractivity contribution in [3.63, 3.8) is 0 Å². The number of aromatic nitrogens is 1. The Kier molecular flexibility index (Phi) is 3.06. The van der Waals surface area contributed by atoms with Crippen LogP contribution in [0, 0.1) is 5.92 Å². The van der Waals surface area contributed by atoms with Gasteiger partial charge in [0.15, 0.2) is 0 Å². The van der Waals surface area contributed by atoms with Crippen molar-refractivity contribution in [2.75, 3.05) is 5.73 Å². The van der Waals surface area contributed by atoms with Crippen molar-refractivity contribution in [1.82, 2.24) is 4.98 Å². The Morgan fingerprint density at radius 3 is 2.57 bits per heavy atom. The molecule has 4 nitrogen and oxygen atoms in total. The summed E-state index contributed by atoms with van der Waals surface area (Å²) in [6, 6.07) is 3.49. The Balaban J connectivity index is 2.84. The summed E-state index contributed by atoms with van der Waals surface area (Å²) in [7, 11) is 0. The van der Waals surface area contributed by atoms with Crippen LogP contribution in [0.25, 0.3) is 0 Å². The lowest BCUT2D eigenvalue weighted by Crippen LogP contribution is -2.16. The third-order valence-corrected chi connectivity index (χ3v) is 2.47. The van der Waals surface area contributed by atoms with Gasteiger partial charge in [0.1, 0.15) is 5.82 Å². The summed E-state index contributed by atoms with van der Waals surface area (Å²) in [4.78, 5) is 14.7. The Morgan fingerprint density at radius 1 is 1.50 bits per heavy atom. The van der Waals surface area contributed by atoms with Gasteiger partial charge < -0.3 is 10.8 Å². The second-order valence-corrected chi connectivity index (χ2v) is 3.43. The Labute approximate surface area is 82.8 Å². The van der Waals surface area contributed by atoms with Crippen LogP contribution in [-0.2, 0) is 4.79 Å². The fourth-order valence-corrected chi connectivity index (χ4v) is 1.19. The average molecular weight is 194 g/mol. The van der Waals surface area contributed by atoms with E-state index in [1.165, 1.54) is 0 Å². The number of nitrogens with two attached hydrogens (primary N) is 1. The van der Waals surface area contributed by atoms with Crippen molar-refractivity contribution in [2.24, 2.45) is 5.92 Å². The molecule has 0 aliphatic heterocycles. The summed E-state index contributed by atoms with van der Waals surface area (Å²) in [5, 5.41) is 8.82. The zero-order valence-electron chi connectivity index (χ0n) is 8.27. The summed E-state index contributed by atoms with van der Waals surface area (Å²) in [5.41, 5.74) is 6.33. The molecule has 1 heterocycles. The fourth-order valence-electron chi connectivity index (χ4n) is 1.19. The van der Waals surface area contributed by atoms with Gasteiger partial charge in [-0.1, -0.05) is 19.9 Å². The summed E-state index contributed by atoms with van der Waals surface area (Å²) in [5.74, 6) is -0.820. The molecule has 1 rings (SSSR count). The van der Waals surface area contributed by atoms with Crippen LogP contribution in [-0.4, -0.2) is 16.1 Å². The van der Waals surface area contributed by atoms with Gasteiger partial charge in [0.2, 0.25) is 0 Å². The molecule has 0 fully saturated rings. The smallest absolute Gasteiger partial charge is 0.306 e. The molecule has 0 radical (unpaired) electrons. The van der Waals surface area contributed by atoms with Crippen molar-refractivity contribution in [1.29, 1.82) is 0 Å². The molecule has 0 amide bonds. The molecule has 0 aliphatic rings. The molecule has 3 N–H and O–H groups in total. The molecule has 0 aromatic carbocycles. The first-order valence-electron chi connectivity index (χ1n) is 4.46. The van der Waals surface area contributed by atoms with Crippen LogP contribution in [0.5, 0.6) is 0 Å². The van der Waals surface area contributed by atoms with Crippen molar-refractivity contribution in [3.05, 3.63) is 23.9 Å². The largest absolute Gasteiger partial charge is 0.481 e. The molecule has 0 aliphatic carbocycles. The number of carboxylic acid groups (broad SMARTS) is 1. The predicted molar refractivity (Wildman–Crippen MR) is 53.9 cm³/mol. The van der Waals surface area contributed by atoms with Crippen LogP contribution in [0.2, 0.25) is 0 Å². The summed E-state index contributed by atoms with van der Waals surface area (Å²) in [6.45, 7) is 3.55. The minimum atomic E-state index is -0.797. The molecular formula is C10H14N2O2. The number of carboxylic acids is 1. The lowest BCUT2D eigenvalue weighted by atomic mass is 9.90. The van der Waals surface area contributed by atoms with Gasteiger partial charge in [0, 0.05) is 6.20 Å². The van der Waals surface area contributed by atoms with Gasteiger partial charge in [0.25, 0.3) is 0 Å². The van der Waals surface area contributed by atoms with Gasteiger partial charge in [-0.05, 0) is 17.5 Å². The standard InChI is InChI=1S/C10H14N2O2/c1-6(7(2)10(13)14)8-3-4-9(11)12-5-8/h3-7H,1-2H3,(H2,11,12)(H,13,14). The van der Waals surface area contributed by atoms with E-state index in [1.807, 2.05) is 13.0 Å². The van der Waals surface area contributed by atoms with E-state index in [0.717, 1.165) is 5.56 Å². The number of nitrogen functional groups attached to an aromatic ring is 1. The molecule has 0 bridgehead atoms. The van der Waals surface area contributed by atoms with Crippen molar-refractivity contribution >= 4 is 11.8 Å². The number of aliphatic carboxylic acids is 1. The highest BCUT2D eigenvalue weighted by atomic mass is 16.4. The quantitative estimate of drug-likeness (QED) is 0.764. The number of nitrogens with zero attached hydrogens (tertiary/aromatic N) is 1. The van der Waals surface area contributed by atoms with Crippen LogP contribution in [0.3, 0.4) is 0 Å². The zero-order valence-corrected chi connectivity index (χ0v) is 8.27. The van der Waals surface area contributed by atoms with E-state index in [1.54, 1.807) is 19.2 Å². The third kappa shape index (κ3) is 2.22. The second-order valence-electron chi connectivity index (χ2n) is 3.43. The maximum atomic E-state index is 10.7. The van der Waals surface area contributed by atoms with E-state index in [2.05, 4.69) is 4.98 Å². The van der Waals surface area contributed by atoms with E-state index in [0.29, 0.717) is 5.82 Å². The topological polar surface area (TPSA) is 76.2 Å². The number of carbonyl (C=O) groups is 1. The highest BCUT2D eigenvalue weighted by Crippen LogP contribution is 2.23. The van der Waals surface area contributed by atoms with Gasteiger partial charge >= 0.3 is 5.97 Å². The molecule has 1 aromatic rings. The second kappa shape index (κ2) is 4.09. The third-order valence-electron chi connectivity index (χ3n) is 2.47. The van der Waals surface area contributed by atoms with Crippen molar-refractivity contribution in [3.8, 4) is 0 Å². The number of pyridine rings is 1. The Morgan fingerprint density at radius 2 is 2.14 bits per heavy atom. The highest BCUT2D eigenvalue weighted by Gasteiger charge is 2.20. The van der Waals surface area contributed by atoms with Crippen LogP contribution in [0.4, 0.5) is 5.82 Å². The number of hydrogen-bond acceptors (Lipinski definition) is 3. The van der Waals surface area contributed by atoms with Crippen molar-refractivity contribution < 1.29 is 9.90 Å². The molecule has 0 saturated carbocycles. The molecule has 2 unspecified atom stereocenters. The van der Waals surface area contributed by atoms with E-state index >= 15 is 0 Å². The van der Waals surface area contributed by atoms with Crippen molar-refractivity contribution in [2.45, 2.75) is 19.8 Å². The fraction of sp³-hybridized carbons (Fsp3) is 0.400. The minimum absolute atomic E-state index is 0.0550. The van der Waals surface area contributed by atoms with Crippen LogP contribution in [0.15, 0.2) is 18.3 Å². The first-order chi connectivity index (χ1) is 6.52. The normalized spacial score (nSPS) is 14.7. The molecule has 4 heteroatoms. The molecule has 1 aromatic heterocycles. The molecule has 76 valence electrons. The molecular weight excluding hydrogens is 180 g/mol.